The van der Waals surface area contributed by atoms with Gasteiger partial charge in [0.1, 0.15) is 5.60 Å². The van der Waals surface area contributed by atoms with E-state index in [1.54, 1.807) is 0 Å². The fourth-order valence-electron chi connectivity index (χ4n) is 0.422. The molecule has 1 unspecified atom stereocenters. The van der Waals surface area contributed by atoms with Crippen LogP contribution in [0, 0.1) is 7.11 Å². The number of hydrogen-bond donors (Lipinski definition) is 0. The van der Waals surface area contributed by atoms with Gasteiger partial charge in [-0.2, -0.15) is 0 Å². The van der Waals surface area contributed by atoms with Gasteiger partial charge in [0.15, 0.2) is 0 Å². The Kier molecular flexibility index (Phi) is 1.05. The predicted molar refractivity (Wildman–Crippen MR) is 25.7 cm³/mol. The molecule has 1 heterocycles. The maximum atomic E-state index is 4.97. The second kappa shape index (κ2) is 1.46. The van der Waals surface area contributed by atoms with Gasteiger partial charge in [0.2, 0.25) is 0 Å². The van der Waals surface area contributed by atoms with E-state index >= 15 is 0 Å². The molecule has 2 nitrogen and oxygen atoms in total. The molecule has 1 aliphatic heterocycles. The second-order valence-electron chi connectivity index (χ2n) is 2.09. The summed E-state index contributed by atoms with van der Waals surface area (Å²) in [6.45, 7) is 3.44. The van der Waals surface area contributed by atoms with E-state index in [0.717, 1.165) is 6.61 Å². The number of ether oxygens (including phenoxy) is 2. The molecule has 0 bridgehead atoms. The Morgan fingerprint density at radius 3 is 2.71 bits per heavy atom. The summed E-state index contributed by atoms with van der Waals surface area (Å²) in [5.74, 6) is 0. The molecule has 1 rings (SSSR count). The van der Waals surface area contributed by atoms with Gasteiger partial charge >= 0.3 is 0 Å². The maximum absolute atomic E-state index is 4.97. The average Bonchev–Trinajstić information content (AvgIpc) is 2.22. The predicted octanol–water partition coefficient (Wildman–Crippen LogP) is 0.583. The van der Waals surface area contributed by atoms with E-state index in [9.17, 15) is 0 Å². The molecule has 1 atom stereocenters. The van der Waals surface area contributed by atoms with Crippen LogP contribution >= 0.6 is 0 Å². The summed E-state index contributed by atoms with van der Waals surface area (Å²) < 4.78 is 9.57. The molecule has 0 aromatic carbocycles. The number of rotatable bonds is 2. The van der Waals surface area contributed by atoms with E-state index < -0.39 is 0 Å². The molecule has 0 saturated carbocycles. The van der Waals surface area contributed by atoms with Crippen molar-refractivity contribution in [3.05, 3.63) is 7.11 Å². The lowest BCUT2D eigenvalue weighted by Gasteiger charge is -1.98. The smallest absolute Gasteiger partial charge is 0.112 e. The molecule has 0 aromatic rings. The van der Waals surface area contributed by atoms with Crippen molar-refractivity contribution in [2.45, 2.75) is 12.5 Å². The third kappa shape index (κ3) is 1.14. The van der Waals surface area contributed by atoms with Crippen LogP contribution in [0.15, 0.2) is 0 Å². The number of epoxide rings is 1. The Morgan fingerprint density at radius 1 is 2.00 bits per heavy atom. The molecule has 0 aliphatic carbocycles. The van der Waals surface area contributed by atoms with Gasteiger partial charge in [0.25, 0.3) is 0 Å². The van der Waals surface area contributed by atoms with Gasteiger partial charge in [-0.3, -0.25) is 0 Å². The molecular weight excluding hydrogens is 92.1 g/mol. The van der Waals surface area contributed by atoms with E-state index in [0.29, 0.717) is 6.61 Å². The topological polar surface area (TPSA) is 21.8 Å². The van der Waals surface area contributed by atoms with Gasteiger partial charge in [-0.25, -0.2) is 0 Å². The monoisotopic (exact) mass is 101 g/mol. The van der Waals surface area contributed by atoms with E-state index in [4.69, 9.17) is 4.74 Å². The first-order valence-corrected chi connectivity index (χ1v) is 2.28. The first-order valence-electron chi connectivity index (χ1n) is 2.28. The molecule has 7 heavy (non-hydrogen) atoms. The van der Waals surface area contributed by atoms with E-state index in [2.05, 4.69) is 11.8 Å². The molecule has 1 saturated heterocycles. The van der Waals surface area contributed by atoms with Crippen LogP contribution in [0.5, 0.6) is 0 Å². The molecular formula is C5H9O2. The van der Waals surface area contributed by atoms with E-state index in [-0.39, 0.29) is 5.60 Å². The van der Waals surface area contributed by atoms with Crippen molar-refractivity contribution in [1.82, 2.24) is 0 Å². The highest BCUT2D eigenvalue weighted by Crippen LogP contribution is 2.25. The van der Waals surface area contributed by atoms with Crippen LogP contribution in [-0.2, 0) is 9.47 Å². The van der Waals surface area contributed by atoms with Crippen molar-refractivity contribution in [2.24, 2.45) is 0 Å². The van der Waals surface area contributed by atoms with Gasteiger partial charge in [0.05, 0.1) is 20.3 Å². The van der Waals surface area contributed by atoms with Crippen molar-refractivity contribution < 1.29 is 9.47 Å². The van der Waals surface area contributed by atoms with Crippen LogP contribution in [0.4, 0.5) is 0 Å². The second-order valence-corrected chi connectivity index (χ2v) is 2.09. The highest BCUT2D eigenvalue weighted by atomic mass is 16.6. The summed E-state index contributed by atoms with van der Waals surface area (Å²) in [5.41, 5.74) is 0.0156. The third-order valence-electron chi connectivity index (χ3n) is 1.04. The molecule has 0 N–H and O–H groups in total. The molecule has 1 fully saturated rings. The molecule has 1 aliphatic rings. The van der Waals surface area contributed by atoms with Crippen LogP contribution in [0.25, 0.3) is 0 Å². The SMILES string of the molecule is [CH2]OCC1(C)CO1. The van der Waals surface area contributed by atoms with Crippen LogP contribution in [-0.4, -0.2) is 18.8 Å². The van der Waals surface area contributed by atoms with Crippen LogP contribution in [0.3, 0.4) is 0 Å². The standard InChI is InChI=1S/C5H9O2/c1-5(3-6-2)4-7-5/h2-4H2,1H3. The molecule has 41 valence electrons. The Hall–Kier alpha value is -0.0800. The Labute approximate surface area is 43.4 Å². The van der Waals surface area contributed by atoms with Crippen molar-refractivity contribution in [1.29, 1.82) is 0 Å². The van der Waals surface area contributed by atoms with Gasteiger partial charge in [-0.05, 0) is 6.92 Å². The lowest BCUT2D eigenvalue weighted by atomic mass is 10.2. The maximum Gasteiger partial charge on any atom is 0.112 e. The number of hydrogen-bond acceptors (Lipinski definition) is 2. The normalized spacial score (nSPS) is 38.6. The van der Waals surface area contributed by atoms with E-state index in [1.807, 2.05) is 6.92 Å². The van der Waals surface area contributed by atoms with Crippen LogP contribution in [0.2, 0.25) is 0 Å². The zero-order valence-corrected chi connectivity index (χ0v) is 4.44. The molecule has 2 heteroatoms. The average molecular weight is 101 g/mol. The Balaban J connectivity index is 2.13. The summed E-state index contributed by atoms with van der Waals surface area (Å²) in [7, 11) is 3.23. The van der Waals surface area contributed by atoms with Crippen LogP contribution < -0.4 is 0 Å². The third-order valence-corrected chi connectivity index (χ3v) is 1.04. The lowest BCUT2D eigenvalue weighted by Crippen LogP contribution is -2.11. The highest BCUT2D eigenvalue weighted by Gasteiger charge is 2.38. The lowest BCUT2D eigenvalue weighted by molar-refractivity contribution is 0.158. The quantitative estimate of drug-likeness (QED) is 0.475. The van der Waals surface area contributed by atoms with Gasteiger partial charge in [0, 0.05) is 0 Å². The molecule has 0 spiro atoms. The zero-order chi connectivity index (χ0) is 5.33. The summed E-state index contributed by atoms with van der Waals surface area (Å²) >= 11 is 0. The summed E-state index contributed by atoms with van der Waals surface area (Å²) in [5, 5.41) is 0. The molecule has 1 radical (unpaired) electrons. The fourth-order valence-corrected chi connectivity index (χ4v) is 0.422. The zero-order valence-electron chi connectivity index (χ0n) is 4.44. The van der Waals surface area contributed by atoms with E-state index in [1.165, 1.54) is 0 Å². The summed E-state index contributed by atoms with van der Waals surface area (Å²) in [6.07, 6.45) is 0. The largest absolute Gasteiger partial charge is 0.376 e. The first-order chi connectivity index (χ1) is 3.27. The van der Waals surface area contributed by atoms with Gasteiger partial charge < -0.3 is 9.47 Å². The molecule has 0 aromatic heterocycles. The highest BCUT2D eigenvalue weighted by molar-refractivity contribution is 4.86. The minimum atomic E-state index is 0.0156. The van der Waals surface area contributed by atoms with Crippen LogP contribution in [0.1, 0.15) is 6.92 Å². The van der Waals surface area contributed by atoms with Crippen molar-refractivity contribution in [3.63, 3.8) is 0 Å². The van der Waals surface area contributed by atoms with Crippen molar-refractivity contribution in [3.8, 4) is 0 Å². The first kappa shape index (κ1) is 5.06. The minimum Gasteiger partial charge on any atom is -0.376 e. The molecule has 0 amide bonds. The fraction of sp³-hybridized carbons (Fsp3) is 0.800. The van der Waals surface area contributed by atoms with Gasteiger partial charge in [-0.15, -0.1) is 0 Å². The van der Waals surface area contributed by atoms with Crippen molar-refractivity contribution in [2.75, 3.05) is 13.2 Å². The van der Waals surface area contributed by atoms with Gasteiger partial charge in [-0.1, -0.05) is 0 Å². The summed E-state index contributed by atoms with van der Waals surface area (Å²) in [4.78, 5) is 0. The minimum absolute atomic E-state index is 0.0156. The Morgan fingerprint density at radius 2 is 2.57 bits per heavy atom. The van der Waals surface area contributed by atoms with Crippen molar-refractivity contribution >= 4 is 0 Å². The summed E-state index contributed by atoms with van der Waals surface area (Å²) in [6, 6.07) is 0. The Bertz CT molecular complexity index is 66.5.